The molecule has 3 rings (SSSR count). The number of carbonyl (C=O) groups excluding carboxylic acids is 1. The van der Waals surface area contributed by atoms with Crippen LogP contribution in [0.3, 0.4) is 0 Å². The monoisotopic (exact) mass is 441 g/mol. The molecule has 1 heterocycles. The first-order valence-corrected chi connectivity index (χ1v) is 12.3. The summed E-state index contributed by atoms with van der Waals surface area (Å²) in [5.41, 5.74) is 2.74. The van der Waals surface area contributed by atoms with Crippen molar-refractivity contribution >= 4 is 27.7 Å². The molecule has 2 N–H and O–H groups in total. The van der Waals surface area contributed by atoms with Crippen LogP contribution in [0.5, 0.6) is 0 Å². The second-order valence-electron chi connectivity index (χ2n) is 8.11. The molecule has 2 aromatic rings. The number of hydrogen-bond acceptors (Lipinski definition) is 4. The lowest BCUT2D eigenvalue weighted by Gasteiger charge is -2.30. The van der Waals surface area contributed by atoms with Gasteiger partial charge in [-0.1, -0.05) is 49.4 Å². The third-order valence-corrected chi connectivity index (χ3v) is 6.52. The van der Waals surface area contributed by atoms with E-state index >= 15 is 0 Å². The van der Waals surface area contributed by atoms with Crippen LogP contribution >= 0.6 is 0 Å². The predicted octanol–water partition coefficient (Wildman–Crippen LogP) is 3.84. The molecule has 0 atom stereocenters. The topological polar surface area (TPSA) is 78.5 Å². The summed E-state index contributed by atoms with van der Waals surface area (Å²) in [4.78, 5) is 14.6. The molecule has 0 bridgehead atoms. The Bertz CT molecular complexity index is 965. The summed E-state index contributed by atoms with van der Waals surface area (Å²) in [6, 6.07) is 17.0. The minimum absolute atomic E-state index is 0.0404. The molecule has 1 saturated heterocycles. The van der Waals surface area contributed by atoms with Crippen LogP contribution in [0.1, 0.15) is 37.3 Å². The van der Waals surface area contributed by atoms with Gasteiger partial charge in [0.1, 0.15) is 0 Å². The van der Waals surface area contributed by atoms with Gasteiger partial charge in [0.05, 0.1) is 0 Å². The van der Waals surface area contributed by atoms with Gasteiger partial charge in [0, 0.05) is 30.6 Å². The molecule has 2 aromatic carbocycles. The van der Waals surface area contributed by atoms with E-state index in [0.717, 1.165) is 36.5 Å². The number of benzene rings is 2. The first kappa shape index (κ1) is 23.2. The molecule has 0 unspecified atom stereocenters. The largest absolute Gasteiger partial charge is 0.326 e. The maximum absolute atomic E-state index is 12.1. The highest BCUT2D eigenvalue weighted by Crippen LogP contribution is 2.19. The number of piperidine rings is 1. The number of hydrogen-bond donors (Lipinski definition) is 2. The zero-order chi connectivity index (χ0) is 22.1. The van der Waals surface area contributed by atoms with Gasteiger partial charge in [-0.05, 0) is 61.2 Å². The Hall–Kier alpha value is -2.48. The Balaban J connectivity index is 1.39. The second-order valence-corrected chi connectivity index (χ2v) is 9.76. The smallest absolute Gasteiger partial charge is 0.233 e. The van der Waals surface area contributed by atoms with E-state index in [1.807, 2.05) is 54.6 Å². The summed E-state index contributed by atoms with van der Waals surface area (Å²) in [6.07, 6.45) is 4.08. The zero-order valence-corrected chi connectivity index (χ0v) is 18.8. The summed E-state index contributed by atoms with van der Waals surface area (Å²) in [6.45, 7) is 5.55. The van der Waals surface area contributed by atoms with Gasteiger partial charge in [0.15, 0.2) is 0 Å². The molecule has 166 valence electrons. The van der Waals surface area contributed by atoms with Crippen molar-refractivity contribution in [1.82, 2.24) is 9.62 Å². The van der Waals surface area contributed by atoms with Crippen molar-refractivity contribution in [3.63, 3.8) is 0 Å². The van der Waals surface area contributed by atoms with Crippen LogP contribution in [0.15, 0.2) is 60.0 Å². The Labute approximate surface area is 185 Å². The SMILES string of the molecule is CC1CCN(Cc2ccc(NC(=O)CCNS(=O)(=O)/C=C/c3ccccc3)cc2)CC1. The number of nitrogens with one attached hydrogen (secondary N) is 2. The molecular formula is C24H31N3O3S. The van der Waals surface area contributed by atoms with Crippen LogP contribution < -0.4 is 10.0 Å². The standard InChI is InChI=1S/C24H31N3O3S/c1-20-12-16-27(17-13-20)19-22-7-9-23(10-8-22)26-24(28)11-15-25-31(29,30)18-14-21-5-3-2-4-6-21/h2-10,14,18,20,25H,11-13,15-17,19H2,1H3,(H,26,28)/b18-14+. The van der Waals surface area contributed by atoms with Gasteiger partial charge in [0.25, 0.3) is 0 Å². The third-order valence-electron chi connectivity index (χ3n) is 5.41. The Morgan fingerprint density at radius 2 is 1.74 bits per heavy atom. The second kappa shape index (κ2) is 11.2. The lowest BCUT2D eigenvalue weighted by Crippen LogP contribution is -2.32. The maximum Gasteiger partial charge on any atom is 0.233 e. The molecule has 0 aliphatic carbocycles. The molecule has 0 saturated carbocycles. The molecule has 31 heavy (non-hydrogen) atoms. The molecular weight excluding hydrogens is 410 g/mol. The van der Waals surface area contributed by atoms with Gasteiger partial charge in [-0.25, -0.2) is 13.1 Å². The van der Waals surface area contributed by atoms with E-state index in [1.54, 1.807) is 0 Å². The number of sulfonamides is 1. The average molecular weight is 442 g/mol. The molecule has 1 aliphatic heterocycles. The van der Waals surface area contributed by atoms with Crippen LogP contribution in [-0.2, 0) is 21.4 Å². The highest BCUT2D eigenvalue weighted by atomic mass is 32.2. The van der Waals surface area contributed by atoms with Crippen molar-refractivity contribution in [2.45, 2.75) is 32.7 Å². The fourth-order valence-corrected chi connectivity index (χ4v) is 4.30. The molecule has 6 nitrogen and oxygen atoms in total. The maximum atomic E-state index is 12.1. The summed E-state index contributed by atoms with van der Waals surface area (Å²) in [5, 5.41) is 3.93. The first-order chi connectivity index (χ1) is 14.9. The van der Waals surface area contributed by atoms with Crippen molar-refractivity contribution in [3.8, 4) is 0 Å². The van der Waals surface area contributed by atoms with Crippen LogP contribution in [0, 0.1) is 5.92 Å². The normalized spacial score (nSPS) is 15.9. The van der Waals surface area contributed by atoms with E-state index in [4.69, 9.17) is 0 Å². The van der Waals surface area contributed by atoms with Gasteiger partial charge in [-0.2, -0.15) is 0 Å². The van der Waals surface area contributed by atoms with Crippen molar-refractivity contribution in [1.29, 1.82) is 0 Å². The van der Waals surface area contributed by atoms with Crippen LogP contribution in [-0.4, -0.2) is 38.9 Å². The molecule has 0 spiro atoms. The molecule has 1 amide bonds. The number of nitrogens with zero attached hydrogens (tertiary/aromatic N) is 1. The molecule has 7 heteroatoms. The van der Waals surface area contributed by atoms with Crippen LogP contribution in [0.25, 0.3) is 6.08 Å². The Morgan fingerprint density at radius 3 is 2.42 bits per heavy atom. The van der Waals surface area contributed by atoms with Crippen molar-refractivity contribution in [3.05, 3.63) is 71.1 Å². The number of anilines is 1. The lowest BCUT2D eigenvalue weighted by molar-refractivity contribution is -0.116. The fraction of sp³-hybridized carbons (Fsp3) is 0.375. The van der Waals surface area contributed by atoms with E-state index in [1.165, 1.54) is 24.5 Å². The number of rotatable bonds is 9. The minimum atomic E-state index is -3.59. The van der Waals surface area contributed by atoms with Crippen molar-refractivity contribution in [2.24, 2.45) is 5.92 Å². The molecule has 0 radical (unpaired) electrons. The van der Waals surface area contributed by atoms with E-state index in [0.29, 0.717) is 5.69 Å². The summed E-state index contributed by atoms with van der Waals surface area (Å²) in [7, 11) is -3.59. The van der Waals surface area contributed by atoms with E-state index in [-0.39, 0.29) is 18.9 Å². The van der Waals surface area contributed by atoms with Crippen molar-refractivity contribution < 1.29 is 13.2 Å². The van der Waals surface area contributed by atoms with E-state index in [2.05, 4.69) is 21.9 Å². The number of likely N-dealkylation sites (tertiary alicyclic amines) is 1. The minimum Gasteiger partial charge on any atom is -0.326 e. The van der Waals surface area contributed by atoms with Gasteiger partial charge in [-0.3, -0.25) is 9.69 Å². The lowest BCUT2D eigenvalue weighted by atomic mass is 9.99. The number of amides is 1. The molecule has 1 aliphatic rings. The van der Waals surface area contributed by atoms with Crippen molar-refractivity contribution in [2.75, 3.05) is 25.0 Å². The molecule has 1 fully saturated rings. The van der Waals surface area contributed by atoms with Gasteiger partial charge >= 0.3 is 0 Å². The van der Waals surface area contributed by atoms with Crippen LogP contribution in [0.4, 0.5) is 5.69 Å². The summed E-state index contributed by atoms with van der Waals surface area (Å²) in [5.74, 6) is 0.589. The van der Waals surface area contributed by atoms with E-state index in [9.17, 15) is 13.2 Å². The highest BCUT2D eigenvalue weighted by molar-refractivity contribution is 7.92. The fourth-order valence-electron chi connectivity index (χ4n) is 3.48. The first-order valence-electron chi connectivity index (χ1n) is 10.7. The summed E-state index contributed by atoms with van der Waals surface area (Å²) < 4.78 is 26.5. The number of carbonyl (C=O) groups is 1. The quantitative estimate of drug-likeness (QED) is 0.620. The molecule has 0 aromatic heterocycles. The highest BCUT2D eigenvalue weighted by Gasteiger charge is 2.15. The summed E-state index contributed by atoms with van der Waals surface area (Å²) >= 11 is 0. The van der Waals surface area contributed by atoms with Gasteiger partial charge < -0.3 is 5.32 Å². The van der Waals surface area contributed by atoms with E-state index < -0.39 is 10.0 Å². The third kappa shape index (κ3) is 8.28. The van der Waals surface area contributed by atoms with Crippen LogP contribution in [0.2, 0.25) is 0 Å². The average Bonchev–Trinajstić information content (AvgIpc) is 2.76. The zero-order valence-electron chi connectivity index (χ0n) is 18.0. The Kier molecular flexibility index (Phi) is 8.40. The predicted molar refractivity (Wildman–Crippen MR) is 126 cm³/mol. The van der Waals surface area contributed by atoms with Gasteiger partial charge in [0.2, 0.25) is 15.9 Å². The Morgan fingerprint density at radius 1 is 1.06 bits per heavy atom. The van der Waals surface area contributed by atoms with Gasteiger partial charge in [-0.15, -0.1) is 0 Å².